The number of primary amides is 1. The van der Waals surface area contributed by atoms with E-state index in [2.05, 4.69) is 22.3 Å². The first-order chi connectivity index (χ1) is 11.6. The Kier molecular flexibility index (Phi) is 4.48. The monoisotopic (exact) mass is 341 g/mol. The Morgan fingerprint density at radius 1 is 1.33 bits per heavy atom. The molecule has 3 aromatic rings. The summed E-state index contributed by atoms with van der Waals surface area (Å²) < 4.78 is 1.31. The van der Waals surface area contributed by atoms with Gasteiger partial charge >= 0.3 is 0 Å². The summed E-state index contributed by atoms with van der Waals surface area (Å²) in [6, 6.07) is 9.12. The number of aromatic nitrogens is 3. The lowest BCUT2D eigenvalue weighted by atomic mass is 10.3. The summed E-state index contributed by atoms with van der Waals surface area (Å²) in [7, 11) is 0. The molecule has 0 radical (unpaired) electrons. The molecule has 122 valence electrons. The molecule has 24 heavy (non-hydrogen) atoms. The average Bonchev–Trinajstić information content (AvgIpc) is 2.99. The highest BCUT2D eigenvalue weighted by atomic mass is 32.2. The molecule has 2 heterocycles. The zero-order valence-electron chi connectivity index (χ0n) is 12.9. The fraction of sp³-hybridized carbons (Fsp3) is 0.125. The average molecular weight is 341 g/mol. The number of fused-ring (bicyclic) bond motifs is 1. The molecule has 0 spiro atoms. The molecular weight excluding hydrogens is 326 g/mol. The summed E-state index contributed by atoms with van der Waals surface area (Å²) in [5.74, 6) is -0.0366. The molecular formula is C16H15N5O2S. The van der Waals surface area contributed by atoms with Crippen LogP contribution in [0.3, 0.4) is 0 Å². The fourth-order valence-corrected chi connectivity index (χ4v) is 2.98. The maximum absolute atomic E-state index is 12.6. The molecule has 2 aromatic heterocycles. The Labute approximate surface area is 142 Å². The van der Waals surface area contributed by atoms with E-state index in [1.165, 1.54) is 23.0 Å². The van der Waals surface area contributed by atoms with E-state index in [-0.39, 0.29) is 22.8 Å². The first-order valence-electron chi connectivity index (χ1n) is 7.27. The molecule has 0 aliphatic carbocycles. The van der Waals surface area contributed by atoms with Crippen molar-refractivity contribution in [2.45, 2.75) is 11.8 Å². The molecule has 0 aliphatic rings. The number of nitrogens with zero attached hydrogens (tertiary/aromatic N) is 3. The second-order valence-corrected chi connectivity index (χ2v) is 6.24. The molecule has 0 unspecified atom stereocenters. The van der Waals surface area contributed by atoms with E-state index in [0.29, 0.717) is 5.69 Å². The van der Waals surface area contributed by atoms with Gasteiger partial charge in [-0.05, 0) is 30.0 Å². The van der Waals surface area contributed by atoms with Crippen molar-refractivity contribution in [1.29, 1.82) is 0 Å². The molecule has 2 amide bonds. The number of thioether (sulfide) groups is 1. The zero-order valence-corrected chi connectivity index (χ0v) is 13.7. The normalized spacial score (nSPS) is 10.7. The molecule has 0 fully saturated rings. The van der Waals surface area contributed by atoms with Gasteiger partial charge in [-0.2, -0.15) is 5.10 Å². The van der Waals surface area contributed by atoms with Crippen LogP contribution in [0.15, 0.2) is 47.6 Å². The van der Waals surface area contributed by atoms with Crippen LogP contribution < -0.4 is 11.1 Å². The number of anilines is 1. The number of hydrogen-bond acceptors (Lipinski definition) is 5. The first kappa shape index (κ1) is 16.0. The van der Waals surface area contributed by atoms with E-state index in [9.17, 15) is 9.59 Å². The minimum Gasteiger partial charge on any atom is -0.365 e. The molecule has 1 aromatic carbocycles. The molecule has 0 bridgehead atoms. The van der Waals surface area contributed by atoms with Crippen molar-refractivity contribution in [2.75, 3.05) is 11.1 Å². The maximum atomic E-state index is 12.6. The minimum absolute atomic E-state index is 0.172. The number of benzene rings is 1. The zero-order chi connectivity index (χ0) is 17.1. The molecule has 0 saturated carbocycles. The number of rotatable bonds is 5. The quantitative estimate of drug-likeness (QED) is 0.693. The smallest absolute Gasteiger partial charge is 0.274 e. The number of amides is 2. The highest BCUT2D eigenvalue weighted by Gasteiger charge is 2.16. The van der Waals surface area contributed by atoms with Crippen molar-refractivity contribution in [3.05, 3.63) is 54.0 Å². The van der Waals surface area contributed by atoms with Gasteiger partial charge in [-0.25, -0.2) is 9.50 Å². The number of nitrogens with one attached hydrogen (secondary N) is 1. The van der Waals surface area contributed by atoms with Crippen LogP contribution in [-0.4, -0.2) is 32.2 Å². The van der Waals surface area contributed by atoms with Gasteiger partial charge in [-0.1, -0.05) is 13.0 Å². The molecule has 7 nitrogen and oxygen atoms in total. The molecule has 0 aliphatic heterocycles. The summed E-state index contributed by atoms with van der Waals surface area (Å²) in [6.45, 7) is 2.07. The van der Waals surface area contributed by atoms with Crippen LogP contribution in [0.25, 0.3) is 5.65 Å². The fourth-order valence-electron chi connectivity index (χ4n) is 2.26. The number of carbonyl (C=O) groups excluding carboxylic acids is 2. The number of hydrogen-bond donors (Lipinski definition) is 2. The lowest BCUT2D eigenvalue weighted by Gasteiger charge is -2.08. The van der Waals surface area contributed by atoms with Crippen LogP contribution in [0.1, 0.15) is 27.8 Å². The Bertz CT molecular complexity index is 922. The number of nitrogens with two attached hydrogens (primary N) is 1. The van der Waals surface area contributed by atoms with Crippen molar-refractivity contribution in [3.8, 4) is 0 Å². The van der Waals surface area contributed by atoms with Gasteiger partial charge in [0.15, 0.2) is 5.65 Å². The third-order valence-electron chi connectivity index (χ3n) is 3.30. The van der Waals surface area contributed by atoms with E-state index in [4.69, 9.17) is 5.73 Å². The minimum atomic E-state index is -0.639. The lowest BCUT2D eigenvalue weighted by Crippen LogP contribution is -2.17. The van der Waals surface area contributed by atoms with E-state index in [1.54, 1.807) is 11.8 Å². The predicted molar refractivity (Wildman–Crippen MR) is 92.3 cm³/mol. The predicted octanol–water partition coefficient (Wildman–Crippen LogP) is 2.19. The lowest BCUT2D eigenvalue weighted by molar-refractivity contribution is 0.0996. The van der Waals surface area contributed by atoms with Gasteiger partial charge < -0.3 is 11.1 Å². The van der Waals surface area contributed by atoms with Gasteiger partial charge in [-0.15, -0.1) is 11.8 Å². The van der Waals surface area contributed by atoms with Crippen molar-refractivity contribution >= 4 is 34.9 Å². The topological polar surface area (TPSA) is 102 Å². The molecule has 8 heteroatoms. The van der Waals surface area contributed by atoms with Crippen LogP contribution in [-0.2, 0) is 0 Å². The summed E-state index contributed by atoms with van der Waals surface area (Å²) in [5, 5.41) is 6.87. The van der Waals surface area contributed by atoms with Crippen LogP contribution in [0, 0.1) is 0 Å². The van der Waals surface area contributed by atoms with Crippen molar-refractivity contribution in [1.82, 2.24) is 14.6 Å². The van der Waals surface area contributed by atoms with Crippen molar-refractivity contribution < 1.29 is 9.59 Å². The number of carbonyl (C=O) groups is 2. The summed E-state index contributed by atoms with van der Waals surface area (Å²) in [5.41, 5.74) is 6.66. The van der Waals surface area contributed by atoms with Gasteiger partial charge in [0, 0.05) is 16.8 Å². The van der Waals surface area contributed by atoms with Gasteiger partial charge in [0.25, 0.3) is 11.8 Å². The van der Waals surface area contributed by atoms with E-state index < -0.39 is 5.91 Å². The van der Waals surface area contributed by atoms with Gasteiger partial charge in [-0.3, -0.25) is 9.59 Å². The third kappa shape index (κ3) is 3.09. The summed E-state index contributed by atoms with van der Waals surface area (Å²) in [6.07, 6.45) is 2.75. The van der Waals surface area contributed by atoms with Crippen molar-refractivity contribution in [2.24, 2.45) is 5.73 Å². The van der Waals surface area contributed by atoms with Crippen LogP contribution in [0.5, 0.6) is 0 Å². The highest BCUT2D eigenvalue weighted by Crippen LogP contribution is 2.21. The molecule has 0 saturated heterocycles. The van der Waals surface area contributed by atoms with Gasteiger partial charge in [0.1, 0.15) is 11.3 Å². The summed E-state index contributed by atoms with van der Waals surface area (Å²) in [4.78, 5) is 29.1. The standard InChI is InChI=1S/C16H15N5O2S/c1-2-24-11-5-3-4-10(8-11)20-16(23)13-6-7-18-15-12(14(17)22)9-19-21(13)15/h3-9H,2H2,1H3,(H2,17,22)(H,20,23). The van der Waals surface area contributed by atoms with Crippen LogP contribution >= 0.6 is 11.8 Å². The Balaban J connectivity index is 1.92. The first-order valence-corrected chi connectivity index (χ1v) is 8.25. The Morgan fingerprint density at radius 3 is 2.92 bits per heavy atom. The van der Waals surface area contributed by atoms with E-state index in [1.807, 2.05) is 24.3 Å². The van der Waals surface area contributed by atoms with E-state index in [0.717, 1.165) is 10.6 Å². The highest BCUT2D eigenvalue weighted by molar-refractivity contribution is 7.99. The maximum Gasteiger partial charge on any atom is 0.274 e. The van der Waals surface area contributed by atoms with Crippen LogP contribution in [0.2, 0.25) is 0 Å². The van der Waals surface area contributed by atoms with Crippen molar-refractivity contribution in [3.63, 3.8) is 0 Å². The Morgan fingerprint density at radius 2 is 2.17 bits per heavy atom. The van der Waals surface area contributed by atoms with Gasteiger partial charge in [0.2, 0.25) is 0 Å². The SMILES string of the molecule is CCSc1cccc(NC(=O)c2ccnc3c(C(N)=O)cnn23)c1. The largest absolute Gasteiger partial charge is 0.365 e. The summed E-state index contributed by atoms with van der Waals surface area (Å²) >= 11 is 1.69. The molecule has 3 rings (SSSR count). The molecule has 3 N–H and O–H groups in total. The van der Waals surface area contributed by atoms with Crippen LogP contribution in [0.4, 0.5) is 5.69 Å². The second kappa shape index (κ2) is 6.71. The second-order valence-electron chi connectivity index (χ2n) is 4.90. The third-order valence-corrected chi connectivity index (χ3v) is 4.18. The van der Waals surface area contributed by atoms with Gasteiger partial charge in [0.05, 0.1) is 6.20 Å². The van der Waals surface area contributed by atoms with E-state index >= 15 is 0 Å². The molecule has 0 atom stereocenters. The Hall–Kier alpha value is -2.87.